The Morgan fingerprint density at radius 3 is 2.12 bits per heavy atom. The van der Waals surface area contributed by atoms with Crippen molar-refractivity contribution < 1.29 is 19.1 Å². The minimum atomic E-state index is -0.289. The molecule has 1 aliphatic rings. The van der Waals surface area contributed by atoms with Gasteiger partial charge >= 0.3 is 0 Å². The summed E-state index contributed by atoms with van der Waals surface area (Å²) < 4.78 is 5.56. The predicted molar refractivity (Wildman–Crippen MR) is 124 cm³/mol. The van der Waals surface area contributed by atoms with Crippen molar-refractivity contribution in [1.82, 2.24) is 10.2 Å². The van der Waals surface area contributed by atoms with Gasteiger partial charge < -0.3 is 20.7 Å². The molecule has 1 saturated heterocycles. The molecule has 0 bridgehead atoms. The molecule has 1 aliphatic heterocycles. The maximum Gasteiger partial charge on any atom is 0.251 e. The van der Waals surface area contributed by atoms with Gasteiger partial charge in [0.15, 0.2) is 0 Å². The molecule has 0 radical (unpaired) electrons. The van der Waals surface area contributed by atoms with Crippen LogP contribution in [-0.4, -0.2) is 49.4 Å². The standard InChI is InChI=1S/C24H30N4O4/c1-16(29)26-19-12-18(13-20(14-19)27-17(2)30)24(31)25-15-22(28-10-6-7-11-28)21-8-4-5-9-23(21)32-3/h4-5,8-9,12-14,22H,6-7,10-11,15H2,1-3H3,(H,25,31)(H,26,29)(H,27,30). The van der Waals surface area contributed by atoms with E-state index in [2.05, 4.69) is 20.9 Å². The lowest BCUT2D eigenvalue weighted by atomic mass is 10.0. The smallest absolute Gasteiger partial charge is 0.251 e. The number of benzene rings is 2. The van der Waals surface area contributed by atoms with E-state index in [0.717, 1.165) is 37.2 Å². The van der Waals surface area contributed by atoms with Crippen LogP contribution in [0, 0.1) is 0 Å². The van der Waals surface area contributed by atoms with Crippen LogP contribution in [0.4, 0.5) is 11.4 Å². The highest BCUT2D eigenvalue weighted by Gasteiger charge is 2.26. The molecule has 8 heteroatoms. The normalized spacial score (nSPS) is 14.5. The van der Waals surface area contributed by atoms with Crippen molar-refractivity contribution in [1.29, 1.82) is 0 Å². The molecule has 1 atom stereocenters. The highest BCUT2D eigenvalue weighted by atomic mass is 16.5. The Bertz CT molecular complexity index is 951. The minimum Gasteiger partial charge on any atom is -0.496 e. The number of ether oxygens (including phenoxy) is 1. The van der Waals surface area contributed by atoms with Crippen molar-refractivity contribution in [3.8, 4) is 5.75 Å². The number of rotatable bonds is 8. The monoisotopic (exact) mass is 438 g/mol. The number of methoxy groups -OCH3 is 1. The summed E-state index contributed by atoms with van der Waals surface area (Å²) in [6.45, 7) is 5.10. The highest BCUT2D eigenvalue weighted by Crippen LogP contribution is 2.31. The summed E-state index contributed by atoms with van der Waals surface area (Å²) in [6.07, 6.45) is 2.25. The third-order valence-corrected chi connectivity index (χ3v) is 5.37. The molecule has 3 amide bonds. The number of carbonyl (C=O) groups excluding carboxylic acids is 3. The van der Waals surface area contributed by atoms with E-state index in [-0.39, 0.29) is 23.8 Å². The molecule has 170 valence electrons. The average Bonchev–Trinajstić information content (AvgIpc) is 3.27. The van der Waals surface area contributed by atoms with E-state index in [1.54, 1.807) is 25.3 Å². The zero-order valence-corrected chi connectivity index (χ0v) is 18.7. The Labute approximate surface area is 188 Å². The third kappa shape index (κ3) is 6.07. The Balaban J connectivity index is 1.82. The van der Waals surface area contributed by atoms with E-state index in [4.69, 9.17) is 4.74 Å². The number of hydrogen-bond donors (Lipinski definition) is 3. The molecule has 0 aromatic heterocycles. The van der Waals surface area contributed by atoms with E-state index in [0.29, 0.717) is 23.5 Å². The number of para-hydroxylation sites is 1. The van der Waals surface area contributed by atoms with Gasteiger partial charge in [-0.05, 0) is 50.2 Å². The molecule has 2 aromatic carbocycles. The predicted octanol–water partition coefficient (Wildman–Crippen LogP) is 3.18. The maximum absolute atomic E-state index is 13.0. The SMILES string of the molecule is COc1ccccc1C(CNC(=O)c1cc(NC(C)=O)cc(NC(C)=O)c1)N1CCCC1. The quantitative estimate of drug-likeness (QED) is 0.588. The Hall–Kier alpha value is -3.39. The van der Waals surface area contributed by atoms with E-state index in [1.165, 1.54) is 13.8 Å². The van der Waals surface area contributed by atoms with Gasteiger partial charge in [0.05, 0.1) is 13.2 Å². The second-order valence-electron chi connectivity index (χ2n) is 7.87. The van der Waals surface area contributed by atoms with Crippen LogP contribution < -0.4 is 20.7 Å². The lowest BCUT2D eigenvalue weighted by Crippen LogP contribution is -2.37. The first kappa shape index (κ1) is 23.3. The van der Waals surface area contributed by atoms with Crippen LogP contribution in [0.15, 0.2) is 42.5 Å². The topological polar surface area (TPSA) is 99.8 Å². The van der Waals surface area contributed by atoms with Crippen LogP contribution in [-0.2, 0) is 9.59 Å². The van der Waals surface area contributed by atoms with Crippen molar-refractivity contribution in [3.63, 3.8) is 0 Å². The number of nitrogens with one attached hydrogen (secondary N) is 3. The Morgan fingerprint density at radius 2 is 1.56 bits per heavy atom. The van der Waals surface area contributed by atoms with Gasteiger partial charge in [-0.15, -0.1) is 0 Å². The number of likely N-dealkylation sites (tertiary alicyclic amines) is 1. The largest absolute Gasteiger partial charge is 0.496 e. The molecule has 3 rings (SSSR count). The number of carbonyl (C=O) groups is 3. The molecular formula is C24H30N4O4. The van der Waals surface area contributed by atoms with Crippen molar-refractivity contribution in [2.45, 2.75) is 32.7 Å². The molecule has 3 N–H and O–H groups in total. The molecule has 1 fully saturated rings. The maximum atomic E-state index is 13.0. The van der Waals surface area contributed by atoms with Crippen LogP contribution in [0.2, 0.25) is 0 Å². The van der Waals surface area contributed by atoms with E-state index in [1.807, 2.05) is 24.3 Å². The summed E-state index contributed by atoms with van der Waals surface area (Å²) in [5.41, 5.74) is 2.26. The van der Waals surface area contributed by atoms with Crippen LogP contribution in [0.1, 0.15) is 48.7 Å². The lowest BCUT2D eigenvalue weighted by molar-refractivity contribution is -0.115. The van der Waals surface area contributed by atoms with Gasteiger partial charge in [-0.3, -0.25) is 19.3 Å². The van der Waals surface area contributed by atoms with E-state index in [9.17, 15) is 14.4 Å². The molecule has 8 nitrogen and oxygen atoms in total. The van der Waals surface area contributed by atoms with Gasteiger partial charge in [0.2, 0.25) is 11.8 Å². The molecule has 0 saturated carbocycles. The second-order valence-corrected chi connectivity index (χ2v) is 7.87. The summed E-state index contributed by atoms with van der Waals surface area (Å²) in [6, 6.07) is 12.6. The molecule has 1 heterocycles. The van der Waals surface area contributed by atoms with Crippen LogP contribution in [0.3, 0.4) is 0 Å². The van der Waals surface area contributed by atoms with Gasteiger partial charge in [-0.2, -0.15) is 0 Å². The summed E-state index contributed by atoms with van der Waals surface area (Å²) in [4.78, 5) is 38.4. The summed E-state index contributed by atoms with van der Waals surface area (Å²) in [5.74, 6) is -0.0228. The molecule has 0 spiro atoms. The second kappa shape index (κ2) is 10.8. The highest BCUT2D eigenvalue weighted by molar-refractivity contribution is 5.99. The zero-order chi connectivity index (χ0) is 23.1. The summed E-state index contributed by atoms with van der Waals surface area (Å²) in [7, 11) is 1.65. The first-order valence-corrected chi connectivity index (χ1v) is 10.7. The first-order chi connectivity index (χ1) is 15.4. The molecule has 32 heavy (non-hydrogen) atoms. The Kier molecular flexibility index (Phi) is 7.83. The minimum absolute atomic E-state index is 0.0223. The van der Waals surface area contributed by atoms with Crippen molar-refractivity contribution in [2.75, 3.05) is 37.4 Å². The fourth-order valence-electron chi connectivity index (χ4n) is 4.03. The van der Waals surface area contributed by atoms with Gasteiger partial charge in [-0.25, -0.2) is 0 Å². The number of hydrogen-bond acceptors (Lipinski definition) is 5. The van der Waals surface area contributed by atoms with Crippen LogP contribution in [0.5, 0.6) is 5.75 Å². The third-order valence-electron chi connectivity index (χ3n) is 5.37. The average molecular weight is 439 g/mol. The molecule has 0 aliphatic carbocycles. The van der Waals surface area contributed by atoms with E-state index < -0.39 is 0 Å². The fraction of sp³-hybridized carbons (Fsp3) is 0.375. The van der Waals surface area contributed by atoms with Crippen molar-refractivity contribution in [2.24, 2.45) is 0 Å². The van der Waals surface area contributed by atoms with Crippen LogP contribution in [0.25, 0.3) is 0 Å². The molecule has 1 unspecified atom stereocenters. The number of anilines is 2. The van der Waals surface area contributed by atoms with Crippen molar-refractivity contribution >= 4 is 29.1 Å². The summed E-state index contributed by atoms with van der Waals surface area (Å²) in [5, 5.41) is 8.36. The van der Waals surface area contributed by atoms with Gasteiger partial charge in [0, 0.05) is 42.9 Å². The van der Waals surface area contributed by atoms with Gasteiger partial charge in [0.25, 0.3) is 5.91 Å². The van der Waals surface area contributed by atoms with Crippen molar-refractivity contribution in [3.05, 3.63) is 53.6 Å². The number of nitrogens with zero attached hydrogens (tertiary/aromatic N) is 1. The van der Waals surface area contributed by atoms with E-state index >= 15 is 0 Å². The van der Waals surface area contributed by atoms with Crippen LogP contribution >= 0.6 is 0 Å². The fourth-order valence-corrected chi connectivity index (χ4v) is 4.03. The zero-order valence-electron chi connectivity index (χ0n) is 18.7. The van der Waals surface area contributed by atoms with Gasteiger partial charge in [-0.1, -0.05) is 18.2 Å². The summed E-state index contributed by atoms with van der Waals surface area (Å²) >= 11 is 0. The number of amides is 3. The molecule has 2 aromatic rings. The first-order valence-electron chi connectivity index (χ1n) is 10.7. The van der Waals surface area contributed by atoms with Gasteiger partial charge in [0.1, 0.15) is 5.75 Å². The lowest BCUT2D eigenvalue weighted by Gasteiger charge is -2.29. The Morgan fingerprint density at radius 1 is 0.969 bits per heavy atom. The molecular weight excluding hydrogens is 408 g/mol.